The van der Waals surface area contributed by atoms with E-state index < -0.39 is 23.5 Å². The molecular weight excluding hydrogens is 374 g/mol. The molecule has 1 aliphatic carbocycles. The largest absolute Gasteiger partial charge is 0.416 e. The molecule has 1 aliphatic heterocycles. The van der Waals surface area contributed by atoms with Crippen LogP contribution in [0.25, 0.3) is 11.3 Å². The van der Waals surface area contributed by atoms with Gasteiger partial charge in [0.05, 0.1) is 17.3 Å². The SMILES string of the molecule is C=C(F)C(=O)N1CC(n2nc(-c3ccc(C(F)(F)F)cc3)c3c2CCCC3)C1. The monoisotopic (exact) mass is 393 g/mol. The Bertz CT molecular complexity index is 924. The summed E-state index contributed by atoms with van der Waals surface area (Å²) in [7, 11) is 0. The van der Waals surface area contributed by atoms with E-state index in [1.54, 1.807) is 0 Å². The standard InChI is InChI=1S/C20H19F4N3O/c1-12(21)19(28)26-10-15(11-26)27-17-5-3-2-4-16(17)18(25-27)13-6-8-14(9-7-13)20(22,23)24/h6-9,15H,1-5,10-11H2. The van der Waals surface area contributed by atoms with E-state index in [9.17, 15) is 22.4 Å². The molecule has 2 heterocycles. The third kappa shape index (κ3) is 3.21. The molecule has 2 aliphatic rings. The van der Waals surface area contributed by atoms with Gasteiger partial charge >= 0.3 is 6.18 Å². The van der Waals surface area contributed by atoms with Crippen molar-refractivity contribution in [3.05, 3.63) is 53.5 Å². The van der Waals surface area contributed by atoms with Gasteiger partial charge in [0.25, 0.3) is 5.91 Å². The molecular formula is C20H19F4N3O. The van der Waals surface area contributed by atoms with Crippen molar-refractivity contribution in [2.75, 3.05) is 13.1 Å². The maximum absolute atomic E-state index is 13.0. The second-order valence-electron chi connectivity index (χ2n) is 7.27. The van der Waals surface area contributed by atoms with Crippen molar-refractivity contribution in [3.63, 3.8) is 0 Å². The Hall–Kier alpha value is -2.64. The van der Waals surface area contributed by atoms with Crippen LogP contribution < -0.4 is 0 Å². The Balaban J connectivity index is 1.63. The number of alkyl halides is 3. The van der Waals surface area contributed by atoms with Crippen LogP contribution in [-0.2, 0) is 23.8 Å². The summed E-state index contributed by atoms with van der Waals surface area (Å²) in [5.41, 5.74) is 2.78. The van der Waals surface area contributed by atoms with E-state index in [-0.39, 0.29) is 6.04 Å². The Morgan fingerprint density at radius 1 is 1.11 bits per heavy atom. The van der Waals surface area contributed by atoms with Crippen LogP contribution in [0, 0.1) is 0 Å². The van der Waals surface area contributed by atoms with Crippen LogP contribution in [0.3, 0.4) is 0 Å². The predicted octanol–water partition coefficient (Wildman–Crippen LogP) is 4.31. The molecule has 8 heteroatoms. The fourth-order valence-corrected chi connectivity index (χ4v) is 3.92. The van der Waals surface area contributed by atoms with E-state index in [0.29, 0.717) is 24.3 Å². The highest BCUT2D eigenvalue weighted by molar-refractivity contribution is 5.91. The van der Waals surface area contributed by atoms with Crippen molar-refractivity contribution in [1.29, 1.82) is 0 Å². The minimum absolute atomic E-state index is 0.0571. The summed E-state index contributed by atoms with van der Waals surface area (Å²) in [6.45, 7) is 3.73. The minimum atomic E-state index is -4.38. The fraction of sp³-hybridized carbons (Fsp3) is 0.400. The van der Waals surface area contributed by atoms with Gasteiger partial charge in [0.15, 0.2) is 5.83 Å². The third-order valence-electron chi connectivity index (χ3n) is 5.42. The minimum Gasteiger partial charge on any atom is -0.332 e. The van der Waals surface area contributed by atoms with E-state index in [1.165, 1.54) is 17.0 Å². The summed E-state index contributed by atoms with van der Waals surface area (Å²) in [4.78, 5) is 13.0. The molecule has 28 heavy (non-hydrogen) atoms. The van der Waals surface area contributed by atoms with E-state index in [0.717, 1.165) is 49.1 Å². The van der Waals surface area contributed by atoms with Crippen LogP contribution in [0.15, 0.2) is 36.7 Å². The summed E-state index contributed by atoms with van der Waals surface area (Å²) in [5.74, 6) is -1.69. The number of nitrogens with zero attached hydrogens (tertiary/aromatic N) is 3. The van der Waals surface area contributed by atoms with Crippen molar-refractivity contribution in [2.24, 2.45) is 0 Å². The third-order valence-corrected chi connectivity index (χ3v) is 5.42. The van der Waals surface area contributed by atoms with E-state index in [1.807, 2.05) is 4.68 Å². The fourth-order valence-electron chi connectivity index (χ4n) is 3.92. The van der Waals surface area contributed by atoms with Gasteiger partial charge in [-0.3, -0.25) is 9.48 Å². The Morgan fingerprint density at radius 2 is 1.75 bits per heavy atom. The highest BCUT2D eigenvalue weighted by atomic mass is 19.4. The molecule has 0 N–H and O–H groups in total. The number of likely N-dealkylation sites (tertiary alicyclic amines) is 1. The number of hydrogen-bond acceptors (Lipinski definition) is 2. The molecule has 0 saturated carbocycles. The van der Waals surface area contributed by atoms with Gasteiger partial charge in [-0.05, 0) is 37.8 Å². The molecule has 1 fully saturated rings. The first kappa shape index (κ1) is 18.7. The highest BCUT2D eigenvalue weighted by Gasteiger charge is 2.36. The number of benzene rings is 1. The summed E-state index contributed by atoms with van der Waals surface area (Å²) in [6.07, 6.45) is -0.698. The van der Waals surface area contributed by atoms with Gasteiger partial charge in [-0.1, -0.05) is 18.7 Å². The predicted molar refractivity (Wildman–Crippen MR) is 95.2 cm³/mol. The lowest BCUT2D eigenvalue weighted by atomic mass is 9.93. The van der Waals surface area contributed by atoms with Crippen LogP contribution in [0.5, 0.6) is 0 Å². The van der Waals surface area contributed by atoms with Crippen LogP contribution in [0.4, 0.5) is 17.6 Å². The number of halogens is 4. The lowest BCUT2D eigenvalue weighted by Crippen LogP contribution is -2.51. The number of carbonyl (C=O) groups excluding carboxylic acids is 1. The van der Waals surface area contributed by atoms with Crippen molar-refractivity contribution < 1.29 is 22.4 Å². The number of amides is 1. The van der Waals surface area contributed by atoms with Gasteiger partial charge < -0.3 is 4.90 Å². The first-order valence-corrected chi connectivity index (χ1v) is 9.17. The summed E-state index contributed by atoms with van der Waals surface area (Å²) in [6, 6.07) is 4.99. The number of carbonyl (C=O) groups is 1. The quantitative estimate of drug-likeness (QED) is 0.576. The zero-order chi connectivity index (χ0) is 20.1. The van der Waals surface area contributed by atoms with E-state index >= 15 is 0 Å². The molecule has 2 aromatic rings. The molecule has 1 saturated heterocycles. The molecule has 1 amide bonds. The zero-order valence-corrected chi connectivity index (χ0v) is 15.1. The smallest absolute Gasteiger partial charge is 0.332 e. The van der Waals surface area contributed by atoms with Crippen molar-refractivity contribution in [2.45, 2.75) is 37.9 Å². The maximum Gasteiger partial charge on any atom is 0.416 e. The van der Waals surface area contributed by atoms with Crippen molar-refractivity contribution in [1.82, 2.24) is 14.7 Å². The number of rotatable bonds is 3. The van der Waals surface area contributed by atoms with Crippen molar-refractivity contribution in [3.8, 4) is 11.3 Å². The maximum atomic E-state index is 13.0. The number of hydrogen-bond donors (Lipinski definition) is 0. The van der Waals surface area contributed by atoms with Crippen LogP contribution in [0.1, 0.15) is 35.7 Å². The van der Waals surface area contributed by atoms with Crippen LogP contribution in [0.2, 0.25) is 0 Å². The Labute approximate surface area is 159 Å². The molecule has 0 bridgehead atoms. The Morgan fingerprint density at radius 3 is 2.36 bits per heavy atom. The van der Waals surface area contributed by atoms with Crippen LogP contribution in [-0.4, -0.2) is 33.7 Å². The van der Waals surface area contributed by atoms with Gasteiger partial charge in [-0.2, -0.15) is 18.3 Å². The average molecular weight is 393 g/mol. The molecule has 148 valence electrons. The molecule has 0 spiro atoms. The second kappa shape index (κ2) is 6.76. The van der Waals surface area contributed by atoms with Crippen molar-refractivity contribution >= 4 is 5.91 Å². The molecule has 0 radical (unpaired) electrons. The molecule has 1 aromatic carbocycles. The first-order chi connectivity index (χ1) is 13.3. The van der Waals surface area contributed by atoms with Gasteiger partial charge in [0, 0.05) is 29.9 Å². The molecule has 0 atom stereocenters. The summed E-state index contributed by atoms with van der Waals surface area (Å²) in [5, 5.41) is 4.70. The molecule has 4 nitrogen and oxygen atoms in total. The highest BCUT2D eigenvalue weighted by Crippen LogP contribution is 2.36. The Kier molecular flexibility index (Phi) is 4.51. The first-order valence-electron chi connectivity index (χ1n) is 9.17. The molecule has 4 rings (SSSR count). The van der Waals surface area contributed by atoms with E-state index in [4.69, 9.17) is 5.10 Å². The summed E-state index contributed by atoms with van der Waals surface area (Å²) >= 11 is 0. The topological polar surface area (TPSA) is 38.1 Å². The van der Waals surface area contributed by atoms with E-state index in [2.05, 4.69) is 6.58 Å². The number of aromatic nitrogens is 2. The zero-order valence-electron chi connectivity index (χ0n) is 15.1. The van der Waals surface area contributed by atoms with Crippen LogP contribution >= 0.6 is 0 Å². The van der Waals surface area contributed by atoms with Gasteiger partial charge in [0.1, 0.15) is 0 Å². The summed E-state index contributed by atoms with van der Waals surface area (Å²) < 4.78 is 53.4. The van der Waals surface area contributed by atoms with Gasteiger partial charge in [-0.15, -0.1) is 0 Å². The lowest BCUT2D eigenvalue weighted by Gasteiger charge is -2.39. The van der Waals surface area contributed by atoms with Gasteiger partial charge in [-0.25, -0.2) is 4.39 Å². The average Bonchev–Trinajstić information content (AvgIpc) is 2.99. The lowest BCUT2D eigenvalue weighted by molar-refractivity contribution is -0.137. The molecule has 0 unspecified atom stereocenters. The van der Waals surface area contributed by atoms with Gasteiger partial charge in [0.2, 0.25) is 0 Å². The second-order valence-corrected chi connectivity index (χ2v) is 7.27. The normalized spacial score (nSPS) is 17.2. The number of fused-ring (bicyclic) bond motifs is 1. The molecule has 1 aromatic heterocycles.